The van der Waals surface area contributed by atoms with Crippen molar-refractivity contribution in [1.82, 2.24) is 0 Å². The number of halogens is 2. The predicted octanol–water partition coefficient (Wildman–Crippen LogP) is 7.92. The molecule has 0 aliphatic rings. The van der Waals surface area contributed by atoms with E-state index in [9.17, 15) is 0 Å². The maximum atomic E-state index is 4.86. The van der Waals surface area contributed by atoms with Crippen molar-refractivity contribution in [2.45, 2.75) is 6.92 Å². The maximum Gasteiger partial charge on any atom is 0.230 e. The van der Waals surface area contributed by atoms with Crippen molar-refractivity contribution in [3.8, 4) is 5.69 Å². The van der Waals surface area contributed by atoms with E-state index in [0.717, 1.165) is 46.3 Å². The third-order valence-corrected chi connectivity index (χ3v) is 7.14. The number of aromatic nitrogens is 1. The Morgan fingerprint density at radius 1 is 0.750 bits per heavy atom. The standard InChI is InChI=1S/C31H28Br2N3/c1-23-6-11-27(12-7-23)36-28(15-16-30-29-5-3-2-4-24(29)8-17-31(30)36)22-34-25-9-13-26(14-10-25)35(20-18-32)21-19-33/h2-17,22H,18-21H2,1H3/q+1. The SMILES string of the molecule is Cc1ccc(-[n+]2c(C=Nc3ccc(N(CCBr)CCBr)cc3)ccc3c4ccccc4ccc32)cc1. The highest BCUT2D eigenvalue weighted by Gasteiger charge is 2.19. The van der Waals surface area contributed by atoms with Gasteiger partial charge in [-0.05, 0) is 54.1 Å². The lowest BCUT2D eigenvalue weighted by Gasteiger charge is -2.22. The van der Waals surface area contributed by atoms with Gasteiger partial charge in [-0.2, -0.15) is 4.57 Å². The summed E-state index contributed by atoms with van der Waals surface area (Å²) in [6.45, 7) is 4.06. The lowest BCUT2D eigenvalue weighted by molar-refractivity contribution is -0.568. The molecule has 0 spiro atoms. The molecule has 0 amide bonds. The van der Waals surface area contributed by atoms with Crippen LogP contribution in [-0.4, -0.2) is 30.0 Å². The first-order valence-electron chi connectivity index (χ1n) is 12.1. The van der Waals surface area contributed by atoms with Crippen molar-refractivity contribution in [3.63, 3.8) is 0 Å². The molecule has 36 heavy (non-hydrogen) atoms. The van der Waals surface area contributed by atoms with Crippen LogP contribution in [0.4, 0.5) is 11.4 Å². The van der Waals surface area contributed by atoms with Gasteiger partial charge in [-0.1, -0.05) is 73.8 Å². The highest BCUT2D eigenvalue weighted by molar-refractivity contribution is 9.09. The second-order valence-corrected chi connectivity index (χ2v) is 10.4. The zero-order valence-electron chi connectivity index (χ0n) is 20.2. The summed E-state index contributed by atoms with van der Waals surface area (Å²) >= 11 is 7.12. The van der Waals surface area contributed by atoms with E-state index in [1.807, 2.05) is 6.21 Å². The van der Waals surface area contributed by atoms with Crippen LogP contribution < -0.4 is 9.47 Å². The van der Waals surface area contributed by atoms with Crippen LogP contribution >= 0.6 is 31.9 Å². The summed E-state index contributed by atoms with van der Waals surface area (Å²) in [4.78, 5) is 7.22. The number of benzene rings is 4. The van der Waals surface area contributed by atoms with E-state index < -0.39 is 0 Å². The number of hydrogen-bond donors (Lipinski definition) is 0. The Bertz CT molecular complexity index is 1500. The fourth-order valence-corrected chi connectivity index (χ4v) is 5.44. The Morgan fingerprint density at radius 3 is 2.19 bits per heavy atom. The van der Waals surface area contributed by atoms with Crippen molar-refractivity contribution < 1.29 is 4.57 Å². The Labute approximate surface area is 229 Å². The van der Waals surface area contributed by atoms with Crippen LogP contribution in [0, 0.1) is 6.92 Å². The minimum absolute atomic E-state index is 0.936. The highest BCUT2D eigenvalue weighted by atomic mass is 79.9. The van der Waals surface area contributed by atoms with Crippen molar-refractivity contribution in [2.75, 3.05) is 28.6 Å². The van der Waals surface area contributed by atoms with Gasteiger partial charge in [0, 0.05) is 53.7 Å². The second-order valence-electron chi connectivity index (χ2n) is 8.79. The van der Waals surface area contributed by atoms with E-state index >= 15 is 0 Å². The first kappa shape index (κ1) is 24.7. The van der Waals surface area contributed by atoms with Crippen molar-refractivity contribution in [2.24, 2.45) is 4.99 Å². The molecule has 0 bridgehead atoms. The number of alkyl halides is 2. The highest BCUT2D eigenvalue weighted by Crippen LogP contribution is 2.25. The molecule has 1 aromatic heterocycles. The number of anilines is 1. The molecule has 4 aromatic carbocycles. The maximum absolute atomic E-state index is 4.86. The fourth-order valence-electron chi connectivity index (χ4n) is 4.58. The predicted molar refractivity (Wildman–Crippen MR) is 161 cm³/mol. The Hall–Kier alpha value is -3.02. The molecule has 5 aromatic rings. The first-order chi connectivity index (χ1) is 17.7. The molecule has 0 saturated heterocycles. The normalized spacial score (nSPS) is 11.5. The third kappa shape index (κ3) is 5.23. The Balaban J connectivity index is 1.57. The average Bonchev–Trinajstić information content (AvgIpc) is 2.92. The summed E-state index contributed by atoms with van der Waals surface area (Å²) in [6.07, 6.45) is 1.97. The zero-order valence-corrected chi connectivity index (χ0v) is 23.4. The van der Waals surface area contributed by atoms with Crippen molar-refractivity contribution >= 4 is 71.1 Å². The van der Waals surface area contributed by atoms with E-state index in [-0.39, 0.29) is 0 Å². The largest absolute Gasteiger partial charge is 0.370 e. The van der Waals surface area contributed by atoms with Gasteiger partial charge in [0.05, 0.1) is 17.3 Å². The number of hydrogen-bond acceptors (Lipinski definition) is 2. The van der Waals surface area contributed by atoms with Crippen LogP contribution in [0.2, 0.25) is 0 Å². The molecule has 180 valence electrons. The summed E-state index contributed by atoms with van der Waals surface area (Å²) in [5.41, 5.74) is 6.71. The summed E-state index contributed by atoms with van der Waals surface area (Å²) in [5.74, 6) is 0. The molecule has 1 heterocycles. The number of fused-ring (bicyclic) bond motifs is 3. The molecule has 5 heteroatoms. The van der Waals surface area contributed by atoms with E-state index in [4.69, 9.17) is 4.99 Å². The number of aryl methyl sites for hydroxylation is 1. The van der Waals surface area contributed by atoms with Crippen molar-refractivity contribution in [3.05, 3.63) is 108 Å². The van der Waals surface area contributed by atoms with E-state index in [2.05, 4.69) is 145 Å². The molecule has 0 unspecified atom stereocenters. The van der Waals surface area contributed by atoms with Gasteiger partial charge in [-0.15, -0.1) is 0 Å². The molecular formula is C31H28Br2N3+. The number of rotatable bonds is 8. The van der Waals surface area contributed by atoms with Gasteiger partial charge >= 0.3 is 0 Å². The molecule has 0 N–H and O–H groups in total. The molecule has 5 rings (SSSR count). The van der Waals surface area contributed by atoms with Crippen LogP contribution in [0.15, 0.2) is 102 Å². The van der Waals surface area contributed by atoms with Gasteiger partial charge in [0.25, 0.3) is 0 Å². The van der Waals surface area contributed by atoms with Crippen molar-refractivity contribution in [1.29, 1.82) is 0 Å². The Kier molecular flexibility index (Phi) is 7.78. The second kappa shape index (κ2) is 11.4. The summed E-state index contributed by atoms with van der Waals surface area (Å²) in [5, 5.41) is 5.61. The number of nitrogens with zero attached hydrogens (tertiary/aromatic N) is 3. The van der Waals surface area contributed by atoms with E-state index in [0.29, 0.717) is 0 Å². The fraction of sp³-hybridized carbons (Fsp3) is 0.161. The molecule has 0 aliphatic heterocycles. The molecule has 0 atom stereocenters. The summed E-state index contributed by atoms with van der Waals surface area (Å²) in [7, 11) is 0. The number of aliphatic imine (C=N–C) groups is 1. The van der Waals surface area contributed by atoms with Gasteiger partial charge in [0.15, 0.2) is 0 Å². The summed E-state index contributed by atoms with van der Waals surface area (Å²) < 4.78 is 2.30. The molecular weight excluding hydrogens is 574 g/mol. The van der Waals surface area contributed by atoms with Crippen LogP contribution in [-0.2, 0) is 0 Å². The lowest BCUT2D eigenvalue weighted by Crippen LogP contribution is -2.36. The molecule has 0 aliphatic carbocycles. The van der Waals surface area contributed by atoms with E-state index in [1.165, 1.54) is 27.4 Å². The van der Waals surface area contributed by atoms with Crippen LogP contribution in [0.5, 0.6) is 0 Å². The topological polar surface area (TPSA) is 19.5 Å². The zero-order chi connectivity index (χ0) is 24.9. The van der Waals surface area contributed by atoms with E-state index in [1.54, 1.807) is 0 Å². The minimum Gasteiger partial charge on any atom is -0.370 e. The minimum atomic E-state index is 0.936. The first-order valence-corrected chi connectivity index (χ1v) is 14.4. The molecule has 0 radical (unpaired) electrons. The smallest absolute Gasteiger partial charge is 0.230 e. The molecule has 3 nitrogen and oxygen atoms in total. The van der Waals surface area contributed by atoms with Crippen LogP contribution in [0.3, 0.4) is 0 Å². The summed E-state index contributed by atoms with van der Waals surface area (Å²) in [6, 6.07) is 34.5. The van der Waals surface area contributed by atoms with Gasteiger partial charge in [-0.25, -0.2) is 4.99 Å². The van der Waals surface area contributed by atoms with Crippen LogP contribution in [0.1, 0.15) is 11.3 Å². The average molecular weight is 602 g/mol. The third-order valence-electron chi connectivity index (χ3n) is 6.43. The van der Waals surface area contributed by atoms with Gasteiger partial charge in [0.2, 0.25) is 16.9 Å². The Morgan fingerprint density at radius 2 is 1.47 bits per heavy atom. The quantitative estimate of drug-likeness (QED) is 0.0765. The van der Waals surface area contributed by atoms with Gasteiger partial charge in [0.1, 0.15) is 0 Å². The van der Waals surface area contributed by atoms with Gasteiger partial charge in [-0.3, -0.25) is 0 Å². The molecule has 0 fully saturated rings. The van der Waals surface area contributed by atoms with Crippen LogP contribution in [0.25, 0.3) is 27.4 Å². The molecule has 0 saturated carbocycles. The lowest BCUT2D eigenvalue weighted by atomic mass is 10.0. The monoisotopic (exact) mass is 600 g/mol. The van der Waals surface area contributed by atoms with Gasteiger partial charge < -0.3 is 4.90 Å². The number of pyridine rings is 1.